The van der Waals surface area contributed by atoms with Gasteiger partial charge in [-0.15, -0.1) is 11.3 Å². The lowest BCUT2D eigenvalue weighted by molar-refractivity contribution is 0.0935. The van der Waals surface area contributed by atoms with Crippen molar-refractivity contribution in [1.29, 1.82) is 0 Å². The number of nitrogens with one attached hydrogen (secondary N) is 2. The molecular formula is C19H25N3O3S2. The van der Waals surface area contributed by atoms with Crippen LogP contribution in [-0.2, 0) is 16.6 Å². The zero-order valence-electron chi connectivity index (χ0n) is 15.3. The maximum Gasteiger partial charge on any atom is 0.251 e. The van der Waals surface area contributed by atoms with Gasteiger partial charge in [-0.2, -0.15) is 0 Å². The number of carbonyl (C=O) groups excluding carboxylic acids is 1. The van der Waals surface area contributed by atoms with Crippen LogP contribution in [0.2, 0.25) is 0 Å². The second kappa shape index (κ2) is 8.86. The molecule has 1 aliphatic rings. The molecule has 146 valence electrons. The molecule has 0 atom stereocenters. The van der Waals surface area contributed by atoms with Crippen molar-refractivity contribution >= 4 is 33.0 Å². The fraction of sp³-hybridized carbons (Fsp3) is 0.421. The fourth-order valence-electron chi connectivity index (χ4n) is 3.25. The summed E-state index contributed by atoms with van der Waals surface area (Å²) >= 11 is 1.79. The van der Waals surface area contributed by atoms with Crippen molar-refractivity contribution in [3.63, 3.8) is 0 Å². The highest BCUT2D eigenvalue weighted by Gasteiger charge is 2.20. The van der Waals surface area contributed by atoms with Crippen molar-refractivity contribution in [3.8, 4) is 0 Å². The quantitative estimate of drug-likeness (QED) is 0.740. The molecule has 6 nitrogen and oxygen atoms in total. The first kappa shape index (κ1) is 19.9. The minimum Gasteiger partial charge on any atom is -0.352 e. The summed E-state index contributed by atoms with van der Waals surface area (Å²) in [6.07, 6.45) is 3.23. The Kier molecular flexibility index (Phi) is 6.51. The molecule has 0 aliphatic carbocycles. The SMILES string of the molecule is CS(=O)(=O)Nc1cccc(C(=O)NCC2CCN(Cc3cccs3)CC2)c1. The number of nitrogens with zero attached hydrogens (tertiary/aromatic N) is 1. The maximum absolute atomic E-state index is 12.4. The van der Waals surface area contributed by atoms with E-state index in [4.69, 9.17) is 0 Å². The van der Waals surface area contributed by atoms with E-state index in [9.17, 15) is 13.2 Å². The molecule has 0 radical (unpaired) electrons. The number of sulfonamides is 1. The maximum atomic E-state index is 12.4. The molecule has 1 fully saturated rings. The lowest BCUT2D eigenvalue weighted by Crippen LogP contribution is -2.38. The van der Waals surface area contributed by atoms with Gasteiger partial charge in [-0.25, -0.2) is 8.42 Å². The van der Waals surface area contributed by atoms with E-state index in [-0.39, 0.29) is 5.91 Å². The summed E-state index contributed by atoms with van der Waals surface area (Å²) in [7, 11) is -3.36. The van der Waals surface area contributed by atoms with E-state index < -0.39 is 10.0 Å². The third-order valence-electron chi connectivity index (χ3n) is 4.65. The summed E-state index contributed by atoms with van der Waals surface area (Å²) in [5.41, 5.74) is 0.853. The number of thiophene rings is 1. The molecule has 1 aromatic heterocycles. The number of anilines is 1. The van der Waals surface area contributed by atoms with Crippen LogP contribution >= 0.6 is 11.3 Å². The molecule has 1 aliphatic heterocycles. The summed E-state index contributed by atoms with van der Waals surface area (Å²) in [6, 6.07) is 10.8. The van der Waals surface area contributed by atoms with Crippen molar-refractivity contribution < 1.29 is 13.2 Å². The van der Waals surface area contributed by atoms with Gasteiger partial charge >= 0.3 is 0 Å². The van der Waals surface area contributed by atoms with E-state index in [1.54, 1.807) is 35.6 Å². The van der Waals surface area contributed by atoms with E-state index in [1.165, 1.54) is 4.88 Å². The van der Waals surface area contributed by atoms with Gasteiger partial charge < -0.3 is 5.32 Å². The Morgan fingerprint density at radius 1 is 1.22 bits per heavy atom. The Bertz CT molecular complexity index is 858. The second-order valence-corrected chi connectivity index (χ2v) is 9.74. The molecule has 0 saturated carbocycles. The van der Waals surface area contributed by atoms with Crippen LogP contribution in [0.15, 0.2) is 41.8 Å². The van der Waals surface area contributed by atoms with Crippen molar-refractivity contribution in [1.82, 2.24) is 10.2 Å². The summed E-state index contributed by atoms with van der Waals surface area (Å²) in [4.78, 5) is 16.2. The summed E-state index contributed by atoms with van der Waals surface area (Å²) in [5, 5.41) is 5.10. The van der Waals surface area contributed by atoms with E-state index in [0.717, 1.165) is 38.7 Å². The zero-order valence-corrected chi connectivity index (χ0v) is 17.0. The molecule has 27 heavy (non-hydrogen) atoms. The van der Waals surface area contributed by atoms with Crippen molar-refractivity contribution in [2.24, 2.45) is 5.92 Å². The van der Waals surface area contributed by atoms with Gasteiger partial charge in [0.2, 0.25) is 10.0 Å². The largest absolute Gasteiger partial charge is 0.352 e. The van der Waals surface area contributed by atoms with E-state index >= 15 is 0 Å². The topological polar surface area (TPSA) is 78.5 Å². The Morgan fingerprint density at radius 2 is 2.00 bits per heavy atom. The number of amides is 1. The number of hydrogen-bond acceptors (Lipinski definition) is 5. The normalized spacial score (nSPS) is 16.2. The molecule has 0 bridgehead atoms. The molecule has 8 heteroatoms. The Balaban J connectivity index is 1.45. The van der Waals surface area contributed by atoms with Crippen LogP contribution in [0.25, 0.3) is 0 Å². The first-order valence-electron chi connectivity index (χ1n) is 9.00. The molecule has 3 rings (SSSR count). The summed E-state index contributed by atoms with van der Waals surface area (Å²) in [5.74, 6) is 0.305. The van der Waals surface area contributed by atoms with Gasteiger partial charge in [0, 0.05) is 29.2 Å². The van der Waals surface area contributed by atoms with E-state index in [1.807, 2.05) is 0 Å². The van der Waals surface area contributed by atoms with Gasteiger partial charge in [-0.3, -0.25) is 14.4 Å². The minimum atomic E-state index is -3.36. The third-order valence-corrected chi connectivity index (χ3v) is 6.11. The van der Waals surface area contributed by atoms with Crippen LogP contribution in [0, 0.1) is 5.92 Å². The Morgan fingerprint density at radius 3 is 2.67 bits per heavy atom. The monoisotopic (exact) mass is 407 g/mol. The zero-order chi connectivity index (χ0) is 19.3. The van der Waals surface area contributed by atoms with Crippen LogP contribution in [0.1, 0.15) is 28.1 Å². The van der Waals surface area contributed by atoms with Crippen LogP contribution in [0.4, 0.5) is 5.69 Å². The molecule has 1 aromatic carbocycles. The number of carbonyl (C=O) groups is 1. The molecule has 1 amide bonds. The highest BCUT2D eigenvalue weighted by atomic mass is 32.2. The average Bonchev–Trinajstić information content (AvgIpc) is 3.13. The third kappa shape index (κ3) is 6.34. The average molecular weight is 408 g/mol. The van der Waals surface area contributed by atoms with Crippen LogP contribution in [0.3, 0.4) is 0 Å². The molecule has 1 saturated heterocycles. The molecule has 2 heterocycles. The highest BCUT2D eigenvalue weighted by Crippen LogP contribution is 2.20. The Hall–Kier alpha value is -1.90. The summed E-state index contributed by atoms with van der Waals surface area (Å²) in [6.45, 7) is 3.75. The number of piperidine rings is 1. The van der Waals surface area contributed by atoms with Gasteiger partial charge in [0.05, 0.1) is 6.26 Å². The van der Waals surface area contributed by atoms with Crippen LogP contribution < -0.4 is 10.0 Å². The van der Waals surface area contributed by atoms with Crippen LogP contribution in [0.5, 0.6) is 0 Å². The van der Waals surface area contributed by atoms with Crippen molar-refractivity contribution in [3.05, 3.63) is 52.2 Å². The highest BCUT2D eigenvalue weighted by molar-refractivity contribution is 7.92. The Labute approximate surface area is 164 Å². The lowest BCUT2D eigenvalue weighted by atomic mass is 9.96. The minimum absolute atomic E-state index is 0.173. The van der Waals surface area contributed by atoms with Gasteiger partial charge in [0.15, 0.2) is 0 Å². The predicted molar refractivity (Wildman–Crippen MR) is 110 cm³/mol. The lowest BCUT2D eigenvalue weighted by Gasteiger charge is -2.31. The van der Waals surface area contributed by atoms with Gasteiger partial charge in [0.1, 0.15) is 0 Å². The smallest absolute Gasteiger partial charge is 0.251 e. The molecule has 2 aromatic rings. The van der Waals surface area contributed by atoms with E-state index in [0.29, 0.717) is 23.7 Å². The number of benzene rings is 1. The van der Waals surface area contributed by atoms with Crippen LogP contribution in [-0.4, -0.2) is 45.1 Å². The number of hydrogen-bond donors (Lipinski definition) is 2. The van der Waals surface area contributed by atoms with Gasteiger partial charge in [0.25, 0.3) is 5.91 Å². The molecule has 2 N–H and O–H groups in total. The summed E-state index contributed by atoms with van der Waals surface area (Å²) < 4.78 is 25.0. The first-order chi connectivity index (χ1) is 12.9. The van der Waals surface area contributed by atoms with Crippen molar-refractivity contribution in [2.45, 2.75) is 19.4 Å². The standard InChI is InChI=1S/C19H25N3O3S2/c1-27(24,25)21-17-5-2-4-16(12-17)19(23)20-13-15-7-9-22(10-8-15)14-18-6-3-11-26-18/h2-6,11-12,15,21H,7-10,13-14H2,1H3,(H,20,23). The molecule has 0 unspecified atom stereocenters. The fourth-order valence-corrected chi connectivity index (χ4v) is 4.55. The van der Waals surface area contributed by atoms with Gasteiger partial charge in [-0.1, -0.05) is 12.1 Å². The second-order valence-electron chi connectivity index (χ2n) is 6.96. The van der Waals surface area contributed by atoms with Gasteiger partial charge in [-0.05, 0) is 61.5 Å². The molecule has 0 spiro atoms. The predicted octanol–water partition coefficient (Wildman–Crippen LogP) is 2.76. The molecular weight excluding hydrogens is 382 g/mol. The number of likely N-dealkylation sites (tertiary alicyclic amines) is 1. The van der Waals surface area contributed by atoms with Crippen molar-refractivity contribution in [2.75, 3.05) is 30.6 Å². The number of rotatable bonds is 7. The first-order valence-corrected chi connectivity index (χ1v) is 11.8. The van der Waals surface area contributed by atoms with E-state index in [2.05, 4.69) is 32.5 Å².